The normalized spacial score (nSPS) is 11.4. The summed E-state index contributed by atoms with van der Waals surface area (Å²) in [7, 11) is 0. The van der Waals surface area contributed by atoms with Gasteiger partial charge in [-0.25, -0.2) is 15.0 Å². The predicted molar refractivity (Wildman–Crippen MR) is 481 cm³/mol. The van der Waals surface area contributed by atoms with E-state index in [1.54, 1.807) is 12.3 Å². The average Bonchev–Trinajstić information content (AvgIpc) is 0.943. The molecule has 0 saturated carbocycles. The molecule has 0 amide bonds. The van der Waals surface area contributed by atoms with Crippen molar-refractivity contribution in [3.8, 4) is 101 Å². The molecule has 18 aromatic carbocycles. The number of imidazole rings is 1. The molecule has 9 heteroatoms. The van der Waals surface area contributed by atoms with Crippen molar-refractivity contribution in [2.24, 2.45) is 0 Å². The van der Waals surface area contributed by atoms with E-state index in [1.807, 2.05) is 42.5 Å². The van der Waals surface area contributed by atoms with E-state index in [4.69, 9.17) is 15.0 Å². The molecule has 23 rings (SSSR count). The maximum absolute atomic E-state index is 11.1. The van der Waals surface area contributed by atoms with Crippen molar-refractivity contribution in [3.63, 3.8) is 0 Å². The number of hydrogen-bond acceptors (Lipinski definition) is 5. The second kappa shape index (κ2) is 30.5. The molecule has 117 heavy (non-hydrogen) atoms. The standard InChI is InChI=1S/C53H34N2.C46H30N4.C9H7NO.Li/c1-2-16-44(17-3-1)55-50-21-11-10-20-49(50)54-53(55)38-26-22-37(23-27-38)41-30-31-47-48(34-41)52(43-29-25-36-13-5-7-15-40(36)33-43)46-19-9-8-18-45(46)51(47)42-28-24-35-12-4-6-14-39(35)32-42;1-3-15-31(16-4-1)40-30-41(48-46(47-40)32-17-5-2-6-18-32)33-27-34(49-42-23-11-7-19-36(42)37-20-8-12-24-43(37)49)29-35(28-33)50-44-25-13-9-21-38(44)39-22-10-14-26-45(39)50;11-8-5-1-3-7-4-2-6-10-9(7)8;/h1-34H;1-30H;1-6,11H;/q;;;+1/p-1. The fraction of sp³-hybridized carbons (Fsp3) is 0. The van der Waals surface area contributed by atoms with Gasteiger partial charge in [0.25, 0.3) is 0 Å². The van der Waals surface area contributed by atoms with Crippen molar-refractivity contribution >= 4 is 109 Å². The SMILES string of the molecule is [Li+].[O-]c1cccc2cccnc12.c1ccc(-c2cc(-c3cc(-n4c5ccccc5c5ccccc54)cc(-n4c5ccccc5c5ccccc54)c3)nc(-c3ccccc3)n2)cc1.c1ccc(-n2c(-c3ccc(-c4ccc5c(-c6ccc7ccccc7c6)c6ccccc6c(-c6ccc7ccccc7c6)c5c4)cc3)nc3ccccc32)cc1. The number of rotatable bonds is 10. The van der Waals surface area contributed by atoms with Gasteiger partial charge in [0.2, 0.25) is 0 Å². The summed E-state index contributed by atoms with van der Waals surface area (Å²) in [5.74, 6) is 1.62. The molecule has 0 spiro atoms. The molecule has 0 fully saturated rings. The fourth-order valence-corrected chi connectivity index (χ4v) is 17.1. The molecular weight excluding hydrogens is 1420 g/mol. The molecule has 544 valence electrons. The van der Waals surface area contributed by atoms with Gasteiger partial charge in [-0.2, -0.15) is 0 Å². The molecule has 0 aliphatic rings. The largest absolute Gasteiger partial charge is 1.00 e. The van der Waals surface area contributed by atoms with E-state index in [2.05, 4.69) is 383 Å². The van der Waals surface area contributed by atoms with Crippen molar-refractivity contribution in [3.05, 3.63) is 425 Å². The van der Waals surface area contributed by atoms with Crippen LogP contribution in [-0.4, -0.2) is 33.6 Å². The summed E-state index contributed by atoms with van der Waals surface area (Å²) in [5, 5.41) is 26.9. The summed E-state index contributed by atoms with van der Waals surface area (Å²) in [6.45, 7) is 0. The Morgan fingerprint density at radius 1 is 0.222 bits per heavy atom. The molecule has 0 N–H and O–H groups in total. The van der Waals surface area contributed by atoms with Gasteiger partial charge in [0.05, 0.1) is 50.0 Å². The van der Waals surface area contributed by atoms with Crippen LogP contribution in [0.4, 0.5) is 0 Å². The molecule has 0 aliphatic heterocycles. The minimum atomic E-state index is -0.0110. The fourth-order valence-electron chi connectivity index (χ4n) is 17.1. The number of para-hydroxylation sites is 8. The maximum Gasteiger partial charge on any atom is 1.00 e. The third kappa shape index (κ3) is 13.1. The molecule has 0 atom stereocenters. The third-order valence-corrected chi connectivity index (χ3v) is 22.5. The Morgan fingerprint density at radius 3 is 1.20 bits per heavy atom. The number of pyridine rings is 1. The van der Waals surface area contributed by atoms with E-state index in [0.29, 0.717) is 11.3 Å². The Labute approximate surface area is 687 Å². The van der Waals surface area contributed by atoms with Gasteiger partial charge in [0.15, 0.2) is 5.82 Å². The van der Waals surface area contributed by atoms with E-state index in [-0.39, 0.29) is 24.6 Å². The number of benzene rings is 18. The molecule has 5 aromatic heterocycles. The first-order valence-corrected chi connectivity index (χ1v) is 39.2. The van der Waals surface area contributed by atoms with Gasteiger partial charge in [-0.3, -0.25) is 9.55 Å². The molecule has 8 nitrogen and oxygen atoms in total. The Balaban J connectivity index is 0.000000132. The molecular formula is C108H70LiN7O. The summed E-state index contributed by atoms with van der Waals surface area (Å²) >= 11 is 0. The zero-order valence-electron chi connectivity index (χ0n) is 64.0. The molecule has 0 unspecified atom stereocenters. The molecule has 23 aromatic rings. The van der Waals surface area contributed by atoms with Crippen molar-refractivity contribution in [2.75, 3.05) is 0 Å². The number of hydrogen-bond donors (Lipinski definition) is 0. The van der Waals surface area contributed by atoms with Crippen molar-refractivity contribution in [1.82, 2.24) is 33.6 Å². The second-order valence-corrected chi connectivity index (χ2v) is 29.4. The smallest absolute Gasteiger partial charge is 0.871 e. The van der Waals surface area contributed by atoms with E-state index >= 15 is 0 Å². The quantitative estimate of drug-likeness (QED) is 0.101. The molecule has 0 aliphatic carbocycles. The van der Waals surface area contributed by atoms with Crippen molar-refractivity contribution < 1.29 is 24.0 Å². The van der Waals surface area contributed by atoms with Gasteiger partial charge >= 0.3 is 18.9 Å². The van der Waals surface area contributed by atoms with Crippen LogP contribution >= 0.6 is 0 Å². The second-order valence-electron chi connectivity index (χ2n) is 29.4. The van der Waals surface area contributed by atoms with Gasteiger partial charge in [0.1, 0.15) is 5.82 Å². The van der Waals surface area contributed by atoms with Crippen LogP contribution in [0, 0.1) is 0 Å². The summed E-state index contributed by atoms with van der Waals surface area (Å²) < 4.78 is 7.04. The first kappa shape index (κ1) is 71.0. The van der Waals surface area contributed by atoms with Crippen LogP contribution in [0.15, 0.2) is 425 Å². The minimum absolute atomic E-state index is 0. The maximum atomic E-state index is 11.1. The third-order valence-electron chi connectivity index (χ3n) is 22.5. The molecule has 0 saturated heterocycles. The number of aromatic nitrogens is 7. The van der Waals surface area contributed by atoms with Crippen LogP contribution in [0.2, 0.25) is 0 Å². The van der Waals surface area contributed by atoms with Crippen molar-refractivity contribution in [1.29, 1.82) is 0 Å². The first-order chi connectivity index (χ1) is 57.4. The van der Waals surface area contributed by atoms with Crippen LogP contribution in [0.25, 0.3) is 204 Å². The van der Waals surface area contributed by atoms with E-state index in [9.17, 15) is 5.11 Å². The van der Waals surface area contributed by atoms with Crippen LogP contribution in [-0.2, 0) is 0 Å². The average molecular weight is 1490 g/mol. The van der Waals surface area contributed by atoms with Crippen LogP contribution in [0.3, 0.4) is 0 Å². The Hall–Kier alpha value is -15.0. The van der Waals surface area contributed by atoms with E-state index in [0.717, 1.165) is 101 Å². The molecule has 5 heterocycles. The Morgan fingerprint density at radius 2 is 0.641 bits per heavy atom. The van der Waals surface area contributed by atoms with Crippen LogP contribution < -0.4 is 24.0 Å². The van der Waals surface area contributed by atoms with Gasteiger partial charge in [-0.05, 0) is 179 Å². The van der Waals surface area contributed by atoms with Crippen molar-refractivity contribution in [2.45, 2.75) is 0 Å². The summed E-state index contributed by atoms with van der Waals surface area (Å²) in [4.78, 5) is 19.4. The summed E-state index contributed by atoms with van der Waals surface area (Å²) in [6.07, 6.45) is 1.63. The van der Waals surface area contributed by atoms with Gasteiger partial charge in [0, 0.05) is 67.1 Å². The Bertz CT molecular complexity index is 7420. The van der Waals surface area contributed by atoms with E-state index in [1.165, 1.54) is 98.5 Å². The molecule has 0 bridgehead atoms. The van der Waals surface area contributed by atoms with Crippen LogP contribution in [0.1, 0.15) is 0 Å². The predicted octanol–water partition coefficient (Wildman–Crippen LogP) is 24.3. The number of nitrogens with zero attached hydrogens (tertiary/aromatic N) is 7. The topological polar surface area (TPSA) is 89.4 Å². The van der Waals surface area contributed by atoms with Gasteiger partial charge < -0.3 is 14.2 Å². The van der Waals surface area contributed by atoms with Gasteiger partial charge in [-0.1, -0.05) is 327 Å². The molecule has 0 radical (unpaired) electrons. The van der Waals surface area contributed by atoms with E-state index < -0.39 is 0 Å². The monoisotopic (exact) mass is 1490 g/mol. The number of fused-ring (bicyclic) bond motifs is 12. The van der Waals surface area contributed by atoms with Gasteiger partial charge in [-0.15, -0.1) is 0 Å². The minimum Gasteiger partial charge on any atom is -0.871 e. The summed E-state index contributed by atoms with van der Waals surface area (Å²) in [6, 6.07) is 148. The van der Waals surface area contributed by atoms with Crippen LogP contribution in [0.5, 0.6) is 5.75 Å². The zero-order valence-corrected chi connectivity index (χ0v) is 64.0. The summed E-state index contributed by atoms with van der Waals surface area (Å²) in [5.41, 5.74) is 23.7. The Kier molecular flexibility index (Phi) is 18.5. The zero-order chi connectivity index (χ0) is 77.0. The first-order valence-electron chi connectivity index (χ1n) is 39.2.